The number of halogens is 1. The van der Waals surface area contributed by atoms with Crippen molar-refractivity contribution in [3.63, 3.8) is 0 Å². The highest BCUT2D eigenvalue weighted by Crippen LogP contribution is 2.07. The Morgan fingerprint density at radius 1 is 1.67 bits per heavy atom. The van der Waals surface area contributed by atoms with E-state index in [-0.39, 0.29) is 5.88 Å². The highest BCUT2D eigenvalue weighted by Gasteiger charge is 2.13. The quantitative estimate of drug-likeness (QED) is 0.393. The van der Waals surface area contributed by atoms with Gasteiger partial charge in [0.1, 0.15) is 0 Å². The molecule has 0 radical (unpaired) electrons. The number of rotatable bonds is 4. The molecule has 1 aromatic rings. The standard InChI is InChI=1S/C10H12INO3/c1-15-10(14)8-3-6-12(5-2-4-11)9(13)7-8/h3,6-7H,2,4-5H2,1H3/p+1. The summed E-state index contributed by atoms with van der Waals surface area (Å²) in [5, 5.41) is 9.62. The number of carbonyl (C=O) groups is 1. The molecule has 0 aliphatic heterocycles. The van der Waals surface area contributed by atoms with E-state index in [0.717, 1.165) is 17.4 Å². The molecular formula is C10H13INO3+. The molecule has 82 valence electrons. The zero-order valence-corrected chi connectivity index (χ0v) is 10.6. The van der Waals surface area contributed by atoms with Crippen LogP contribution >= 0.6 is 22.6 Å². The fraction of sp³-hybridized carbons (Fsp3) is 0.400. The van der Waals surface area contributed by atoms with Crippen LogP contribution in [0.3, 0.4) is 0 Å². The molecule has 1 rings (SSSR count). The second-order valence-electron chi connectivity index (χ2n) is 3.00. The summed E-state index contributed by atoms with van der Waals surface area (Å²) in [5.41, 5.74) is 0.362. The molecule has 0 atom stereocenters. The topological polar surface area (TPSA) is 50.4 Å². The van der Waals surface area contributed by atoms with Gasteiger partial charge in [0.15, 0.2) is 12.7 Å². The first-order chi connectivity index (χ1) is 7.19. The van der Waals surface area contributed by atoms with Crippen molar-refractivity contribution >= 4 is 28.6 Å². The summed E-state index contributed by atoms with van der Waals surface area (Å²) < 4.78 is 7.28. The molecule has 0 aromatic carbocycles. The van der Waals surface area contributed by atoms with E-state index in [9.17, 15) is 9.90 Å². The molecule has 0 amide bonds. The fourth-order valence-corrected chi connectivity index (χ4v) is 1.52. The van der Waals surface area contributed by atoms with Crippen molar-refractivity contribution in [1.82, 2.24) is 0 Å². The second-order valence-corrected chi connectivity index (χ2v) is 4.08. The number of aromatic nitrogens is 1. The Balaban J connectivity index is 2.83. The van der Waals surface area contributed by atoms with Crippen LogP contribution in [0.15, 0.2) is 18.3 Å². The van der Waals surface area contributed by atoms with Gasteiger partial charge in [0.2, 0.25) is 0 Å². The number of aryl methyl sites for hydroxylation is 1. The van der Waals surface area contributed by atoms with Gasteiger partial charge in [0.25, 0.3) is 0 Å². The van der Waals surface area contributed by atoms with Crippen LogP contribution in [0.1, 0.15) is 16.8 Å². The minimum atomic E-state index is -0.439. The number of esters is 1. The zero-order valence-electron chi connectivity index (χ0n) is 8.44. The Morgan fingerprint density at radius 3 is 2.93 bits per heavy atom. The Hall–Kier alpha value is -0.850. The van der Waals surface area contributed by atoms with Gasteiger partial charge in [0.05, 0.1) is 18.7 Å². The summed E-state index contributed by atoms with van der Waals surface area (Å²) in [6.07, 6.45) is 2.67. The van der Waals surface area contributed by atoms with Crippen LogP contribution in [-0.2, 0) is 11.3 Å². The molecule has 5 heteroatoms. The number of hydrogen-bond acceptors (Lipinski definition) is 3. The number of aromatic hydroxyl groups is 1. The average molecular weight is 322 g/mol. The molecule has 0 fully saturated rings. The van der Waals surface area contributed by atoms with Gasteiger partial charge in [-0.25, -0.2) is 4.79 Å². The zero-order chi connectivity index (χ0) is 11.3. The predicted octanol–water partition coefficient (Wildman–Crippen LogP) is 1.29. The van der Waals surface area contributed by atoms with Crippen molar-refractivity contribution in [1.29, 1.82) is 0 Å². The predicted molar refractivity (Wildman–Crippen MR) is 63.1 cm³/mol. The third kappa shape index (κ3) is 3.33. The smallest absolute Gasteiger partial charge is 0.366 e. The monoisotopic (exact) mass is 322 g/mol. The summed E-state index contributed by atoms with van der Waals surface area (Å²) in [4.78, 5) is 11.1. The van der Waals surface area contributed by atoms with E-state index in [1.165, 1.54) is 13.2 Å². The van der Waals surface area contributed by atoms with E-state index < -0.39 is 5.97 Å². The summed E-state index contributed by atoms with van der Waals surface area (Å²) in [7, 11) is 1.32. The number of alkyl halides is 1. The van der Waals surface area contributed by atoms with Gasteiger partial charge in [-0.1, -0.05) is 22.6 Å². The lowest BCUT2D eigenvalue weighted by Crippen LogP contribution is -2.33. The number of pyridine rings is 1. The van der Waals surface area contributed by atoms with E-state index >= 15 is 0 Å². The summed E-state index contributed by atoms with van der Waals surface area (Å²) in [6.45, 7) is 0.746. The van der Waals surface area contributed by atoms with Gasteiger partial charge in [-0.2, -0.15) is 4.57 Å². The molecule has 0 saturated heterocycles. The van der Waals surface area contributed by atoms with Crippen LogP contribution in [0.2, 0.25) is 0 Å². The Morgan fingerprint density at radius 2 is 2.40 bits per heavy atom. The molecule has 1 N–H and O–H groups in total. The number of nitrogens with zero attached hydrogens (tertiary/aromatic N) is 1. The third-order valence-electron chi connectivity index (χ3n) is 1.97. The van der Waals surface area contributed by atoms with Gasteiger partial charge >= 0.3 is 11.8 Å². The third-order valence-corrected chi connectivity index (χ3v) is 2.73. The van der Waals surface area contributed by atoms with E-state index in [1.54, 1.807) is 16.8 Å². The molecule has 4 nitrogen and oxygen atoms in total. The van der Waals surface area contributed by atoms with Gasteiger partial charge in [-0.05, 0) is 0 Å². The van der Waals surface area contributed by atoms with Crippen molar-refractivity contribution in [2.75, 3.05) is 11.5 Å². The SMILES string of the molecule is COC(=O)c1cc[n+](CCCI)c(O)c1. The van der Waals surface area contributed by atoms with Crippen LogP contribution in [0, 0.1) is 0 Å². The largest absolute Gasteiger partial charge is 0.465 e. The number of hydrogen-bond donors (Lipinski definition) is 1. The number of methoxy groups -OCH3 is 1. The molecular weight excluding hydrogens is 309 g/mol. The van der Waals surface area contributed by atoms with Gasteiger partial charge in [0, 0.05) is 16.9 Å². The molecule has 0 unspecified atom stereocenters. The van der Waals surface area contributed by atoms with Crippen molar-refractivity contribution in [2.45, 2.75) is 13.0 Å². The van der Waals surface area contributed by atoms with E-state index in [2.05, 4.69) is 27.3 Å². The molecule has 0 aliphatic rings. The van der Waals surface area contributed by atoms with E-state index in [4.69, 9.17) is 0 Å². The second kappa shape index (κ2) is 5.89. The lowest BCUT2D eigenvalue weighted by Gasteiger charge is -2.00. The van der Waals surface area contributed by atoms with Crippen LogP contribution < -0.4 is 4.57 Å². The van der Waals surface area contributed by atoms with Crippen molar-refractivity contribution in [2.24, 2.45) is 0 Å². The lowest BCUT2D eigenvalue weighted by atomic mass is 10.2. The fourth-order valence-electron chi connectivity index (χ4n) is 1.18. The molecule has 1 heterocycles. The maximum absolute atomic E-state index is 11.1. The Kier molecular flexibility index (Phi) is 4.80. The highest BCUT2D eigenvalue weighted by molar-refractivity contribution is 14.1. The normalized spacial score (nSPS) is 10.0. The van der Waals surface area contributed by atoms with Crippen molar-refractivity contribution in [3.05, 3.63) is 23.9 Å². The first-order valence-electron chi connectivity index (χ1n) is 4.55. The molecule has 15 heavy (non-hydrogen) atoms. The Labute approximate surface area is 102 Å². The summed E-state index contributed by atoms with van der Waals surface area (Å²) in [5.74, 6) is -0.353. The van der Waals surface area contributed by atoms with E-state index in [1.807, 2.05) is 0 Å². The van der Waals surface area contributed by atoms with Crippen molar-refractivity contribution < 1.29 is 19.2 Å². The Bertz CT molecular complexity index is 355. The highest BCUT2D eigenvalue weighted by atomic mass is 127. The van der Waals surface area contributed by atoms with E-state index in [0.29, 0.717) is 5.56 Å². The molecule has 0 aliphatic carbocycles. The maximum atomic E-state index is 11.1. The molecule has 0 spiro atoms. The lowest BCUT2D eigenvalue weighted by molar-refractivity contribution is -0.702. The summed E-state index contributed by atoms with van der Waals surface area (Å²) >= 11 is 2.28. The van der Waals surface area contributed by atoms with Crippen LogP contribution in [0.4, 0.5) is 0 Å². The number of carbonyl (C=O) groups excluding carboxylic acids is 1. The minimum Gasteiger partial charge on any atom is -0.465 e. The summed E-state index contributed by atoms with van der Waals surface area (Å²) in [6, 6.07) is 3.05. The van der Waals surface area contributed by atoms with Crippen LogP contribution in [-0.4, -0.2) is 22.6 Å². The minimum absolute atomic E-state index is 0.0859. The first-order valence-corrected chi connectivity index (χ1v) is 6.08. The maximum Gasteiger partial charge on any atom is 0.366 e. The van der Waals surface area contributed by atoms with Crippen LogP contribution in [0.5, 0.6) is 5.88 Å². The molecule has 0 saturated carbocycles. The average Bonchev–Trinajstić information content (AvgIpc) is 2.26. The molecule has 1 aromatic heterocycles. The number of ether oxygens (including phenoxy) is 1. The van der Waals surface area contributed by atoms with Gasteiger partial charge in [-0.3, -0.25) is 0 Å². The van der Waals surface area contributed by atoms with Crippen LogP contribution in [0.25, 0.3) is 0 Å². The molecule has 0 bridgehead atoms. The van der Waals surface area contributed by atoms with Gasteiger partial charge < -0.3 is 9.84 Å². The van der Waals surface area contributed by atoms with Gasteiger partial charge in [-0.15, -0.1) is 0 Å². The first kappa shape index (κ1) is 12.2. The van der Waals surface area contributed by atoms with Crippen molar-refractivity contribution in [3.8, 4) is 5.88 Å².